The van der Waals surface area contributed by atoms with Gasteiger partial charge >= 0.3 is 0 Å². The van der Waals surface area contributed by atoms with Crippen molar-refractivity contribution in [1.82, 2.24) is 0 Å². The van der Waals surface area contributed by atoms with Crippen LogP contribution in [0.15, 0.2) is 0 Å². The highest BCUT2D eigenvalue weighted by Crippen LogP contribution is 2.18. The maximum absolute atomic E-state index is 9.10. The molecule has 2 unspecified atom stereocenters. The molecular weight excluding hydrogens is 152 g/mol. The molecular formula is C6H12O5. The minimum Gasteiger partial charge on any atom is -0.394 e. The van der Waals surface area contributed by atoms with Crippen molar-refractivity contribution in [1.29, 1.82) is 0 Å². The Morgan fingerprint density at radius 1 is 1.18 bits per heavy atom. The molecule has 1 aliphatic rings. The van der Waals surface area contributed by atoms with E-state index < -0.39 is 24.6 Å². The van der Waals surface area contributed by atoms with Crippen molar-refractivity contribution in [2.45, 2.75) is 31.0 Å². The van der Waals surface area contributed by atoms with E-state index in [1.807, 2.05) is 0 Å². The van der Waals surface area contributed by atoms with E-state index in [1.165, 1.54) is 0 Å². The van der Waals surface area contributed by atoms with E-state index in [4.69, 9.17) is 20.4 Å². The van der Waals surface area contributed by atoms with Crippen LogP contribution in [-0.4, -0.2) is 51.6 Å². The van der Waals surface area contributed by atoms with Gasteiger partial charge in [-0.3, -0.25) is 0 Å². The van der Waals surface area contributed by atoms with Crippen LogP contribution in [0.1, 0.15) is 6.42 Å². The largest absolute Gasteiger partial charge is 0.394 e. The molecule has 1 aliphatic heterocycles. The fourth-order valence-corrected chi connectivity index (χ4v) is 1.04. The summed E-state index contributed by atoms with van der Waals surface area (Å²) in [4.78, 5) is 0. The number of hydrogen-bond acceptors (Lipinski definition) is 5. The molecule has 1 fully saturated rings. The molecule has 11 heavy (non-hydrogen) atoms. The van der Waals surface area contributed by atoms with Gasteiger partial charge in [-0.1, -0.05) is 0 Å². The van der Waals surface area contributed by atoms with Gasteiger partial charge in [-0.25, -0.2) is 0 Å². The van der Waals surface area contributed by atoms with Gasteiger partial charge in [0.2, 0.25) is 0 Å². The van der Waals surface area contributed by atoms with Crippen LogP contribution in [0, 0.1) is 0 Å². The van der Waals surface area contributed by atoms with Crippen molar-refractivity contribution < 1.29 is 25.2 Å². The Balaban J connectivity index is 2.48. The fourth-order valence-electron chi connectivity index (χ4n) is 1.04. The molecule has 1 heterocycles. The standard InChI is InChI=1S/C6H12O5/c7-2-5-3(8)1-4(9)6(10)11-5/h3-10H,1-2H2/t3?,4-,5+,6?/m1/s1. The molecule has 0 radical (unpaired) electrons. The normalized spacial score (nSPS) is 45.8. The second kappa shape index (κ2) is 3.46. The average molecular weight is 164 g/mol. The summed E-state index contributed by atoms with van der Waals surface area (Å²) in [7, 11) is 0. The maximum atomic E-state index is 9.10. The zero-order chi connectivity index (χ0) is 8.43. The Labute approximate surface area is 63.8 Å². The molecule has 0 spiro atoms. The smallest absolute Gasteiger partial charge is 0.181 e. The summed E-state index contributed by atoms with van der Waals surface area (Å²) in [5.41, 5.74) is 0. The summed E-state index contributed by atoms with van der Waals surface area (Å²) < 4.78 is 4.67. The number of aliphatic hydroxyl groups excluding tert-OH is 4. The monoisotopic (exact) mass is 164 g/mol. The van der Waals surface area contributed by atoms with Crippen LogP contribution >= 0.6 is 0 Å². The lowest BCUT2D eigenvalue weighted by molar-refractivity contribution is -0.251. The van der Waals surface area contributed by atoms with Crippen LogP contribution in [0.25, 0.3) is 0 Å². The molecule has 0 aromatic carbocycles. The first kappa shape index (κ1) is 8.89. The van der Waals surface area contributed by atoms with Gasteiger partial charge in [0, 0.05) is 6.42 Å². The van der Waals surface area contributed by atoms with E-state index in [1.54, 1.807) is 0 Å². The third-order valence-electron chi connectivity index (χ3n) is 1.74. The van der Waals surface area contributed by atoms with Gasteiger partial charge < -0.3 is 25.2 Å². The zero-order valence-electron chi connectivity index (χ0n) is 5.92. The highest BCUT2D eigenvalue weighted by molar-refractivity contribution is 4.79. The molecule has 5 heteroatoms. The molecule has 0 saturated carbocycles. The van der Waals surface area contributed by atoms with Gasteiger partial charge in [-0.2, -0.15) is 0 Å². The van der Waals surface area contributed by atoms with Crippen molar-refractivity contribution in [2.75, 3.05) is 6.61 Å². The summed E-state index contributed by atoms with van der Waals surface area (Å²) in [6.45, 7) is -0.356. The first-order valence-corrected chi connectivity index (χ1v) is 3.45. The molecule has 0 amide bonds. The SMILES string of the molecule is OC[C@@H]1OC(O)[C@H](O)CC1O. The molecule has 0 aromatic heterocycles. The number of hydrogen-bond donors (Lipinski definition) is 4. The molecule has 0 bridgehead atoms. The first-order valence-electron chi connectivity index (χ1n) is 3.45. The fraction of sp³-hybridized carbons (Fsp3) is 1.00. The third kappa shape index (κ3) is 1.88. The van der Waals surface area contributed by atoms with E-state index in [-0.39, 0.29) is 13.0 Å². The van der Waals surface area contributed by atoms with Crippen molar-refractivity contribution >= 4 is 0 Å². The number of ether oxygens (including phenoxy) is 1. The molecule has 1 saturated heterocycles. The number of aliphatic hydroxyl groups is 4. The van der Waals surface area contributed by atoms with Crippen LogP contribution in [0.3, 0.4) is 0 Å². The van der Waals surface area contributed by atoms with Crippen molar-refractivity contribution in [3.63, 3.8) is 0 Å². The van der Waals surface area contributed by atoms with Crippen molar-refractivity contribution in [3.05, 3.63) is 0 Å². The summed E-state index contributed by atoms with van der Waals surface area (Å²) in [5.74, 6) is 0. The van der Waals surface area contributed by atoms with Crippen LogP contribution in [-0.2, 0) is 4.74 Å². The van der Waals surface area contributed by atoms with Crippen LogP contribution < -0.4 is 0 Å². The minimum atomic E-state index is -1.30. The molecule has 66 valence electrons. The molecule has 4 atom stereocenters. The summed E-state index contributed by atoms with van der Waals surface area (Å²) in [6.07, 6.45) is -4.01. The van der Waals surface area contributed by atoms with Crippen LogP contribution in [0.2, 0.25) is 0 Å². The van der Waals surface area contributed by atoms with E-state index >= 15 is 0 Å². The van der Waals surface area contributed by atoms with E-state index in [0.717, 1.165) is 0 Å². The second-order valence-corrected chi connectivity index (χ2v) is 2.62. The third-order valence-corrected chi connectivity index (χ3v) is 1.74. The van der Waals surface area contributed by atoms with Crippen LogP contribution in [0.5, 0.6) is 0 Å². The average Bonchev–Trinajstić information content (AvgIpc) is 1.97. The summed E-state index contributed by atoms with van der Waals surface area (Å²) in [5, 5.41) is 35.5. The quantitative estimate of drug-likeness (QED) is 0.353. The minimum absolute atomic E-state index is 0.0341. The highest BCUT2D eigenvalue weighted by Gasteiger charge is 2.34. The predicted molar refractivity (Wildman–Crippen MR) is 34.6 cm³/mol. The Kier molecular flexibility index (Phi) is 2.80. The maximum Gasteiger partial charge on any atom is 0.181 e. The van der Waals surface area contributed by atoms with E-state index in [2.05, 4.69) is 4.74 Å². The predicted octanol–water partition coefficient (Wildman–Crippen LogP) is -2.19. The first-order chi connectivity index (χ1) is 5.15. The van der Waals surface area contributed by atoms with Gasteiger partial charge in [0.05, 0.1) is 12.7 Å². The van der Waals surface area contributed by atoms with Gasteiger partial charge in [0.25, 0.3) is 0 Å². The summed E-state index contributed by atoms with van der Waals surface area (Å²) >= 11 is 0. The van der Waals surface area contributed by atoms with Gasteiger partial charge in [-0.05, 0) is 0 Å². The lowest BCUT2D eigenvalue weighted by Gasteiger charge is -2.33. The van der Waals surface area contributed by atoms with Gasteiger partial charge in [0.15, 0.2) is 6.29 Å². The molecule has 5 nitrogen and oxygen atoms in total. The summed E-state index contributed by atoms with van der Waals surface area (Å²) in [6, 6.07) is 0. The zero-order valence-corrected chi connectivity index (χ0v) is 5.92. The lowest BCUT2D eigenvalue weighted by Crippen LogP contribution is -2.48. The Morgan fingerprint density at radius 3 is 2.36 bits per heavy atom. The van der Waals surface area contributed by atoms with E-state index in [9.17, 15) is 0 Å². The van der Waals surface area contributed by atoms with Gasteiger partial charge in [-0.15, -0.1) is 0 Å². The molecule has 4 N–H and O–H groups in total. The number of rotatable bonds is 1. The lowest BCUT2D eigenvalue weighted by atomic mass is 10.0. The second-order valence-electron chi connectivity index (χ2n) is 2.62. The Bertz CT molecular complexity index is 128. The molecule has 0 aliphatic carbocycles. The van der Waals surface area contributed by atoms with Crippen molar-refractivity contribution in [2.24, 2.45) is 0 Å². The topological polar surface area (TPSA) is 90.2 Å². The van der Waals surface area contributed by atoms with Crippen molar-refractivity contribution in [3.8, 4) is 0 Å². The highest BCUT2D eigenvalue weighted by atomic mass is 16.6. The Hall–Kier alpha value is -0.200. The van der Waals surface area contributed by atoms with E-state index in [0.29, 0.717) is 0 Å². The Morgan fingerprint density at radius 2 is 1.82 bits per heavy atom. The van der Waals surface area contributed by atoms with Crippen LogP contribution in [0.4, 0.5) is 0 Å². The molecule has 1 rings (SSSR count). The van der Waals surface area contributed by atoms with Gasteiger partial charge in [0.1, 0.15) is 12.2 Å². The molecule has 0 aromatic rings.